The van der Waals surface area contributed by atoms with Gasteiger partial charge in [0.15, 0.2) is 0 Å². The Morgan fingerprint density at radius 3 is 1.28 bits per heavy atom. The molecule has 2 nitrogen and oxygen atoms in total. The summed E-state index contributed by atoms with van der Waals surface area (Å²) in [7, 11) is 0. The van der Waals surface area contributed by atoms with Crippen LogP contribution in [-0.4, -0.2) is 10.2 Å². The molecule has 2 N–H and O–H groups in total. The molecule has 2 aromatic rings. The van der Waals surface area contributed by atoms with Gasteiger partial charge in [-0.25, -0.2) is 0 Å². The first-order valence-electron chi connectivity index (χ1n) is 6.33. The number of aliphatic hydroxyl groups is 2. The number of hydrogen-bond acceptors (Lipinski definition) is 2. The third-order valence-corrected chi connectivity index (χ3v) is 4.41. The Balaban J connectivity index is 1.95. The molecule has 0 spiro atoms. The van der Waals surface area contributed by atoms with Crippen molar-refractivity contribution in [2.75, 3.05) is 0 Å². The summed E-state index contributed by atoms with van der Waals surface area (Å²) in [5, 5.41) is 21.0. The number of aliphatic hydroxyl groups excluding tert-OH is 2. The Kier molecular flexibility index (Phi) is 1.97. The van der Waals surface area contributed by atoms with Crippen LogP contribution in [0.25, 0.3) is 0 Å². The van der Waals surface area contributed by atoms with Gasteiger partial charge in [-0.3, -0.25) is 0 Å². The van der Waals surface area contributed by atoms with Crippen LogP contribution in [-0.2, 0) is 0 Å². The van der Waals surface area contributed by atoms with E-state index in [1.54, 1.807) is 0 Å². The molecule has 0 saturated heterocycles. The molecule has 2 heteroatoms. The number of hydrogen-bond donors (Lipinski definition) is 2. The van der Waals surface area contributed by atoms with E-state index in [9.17, 15) is 10.2 Å². The van der Waals surface area contributed by atoms with E-state index in [2.05, 4.69) is 0 Å². The van der Waals surface area contributed by atoms with Gasteiger partial charge in [-0.05, 0) is 22.3 Å². The third-order valence-electron chi connectivity index (χ3n) is 4.41. The van der Waals surface area contributed by atoms with E-state index in [1.165, 1.54) is 0 Å². The van der Waals surface area contributed by atoms with Crippen molar-refractivity contribution in [1.82, 2.24) is 0 Å². The van der Waals surface area contributed by atoms with Crippen molar-refractivity contribution in [2.24, 2.45) is 0 Å². The lowest BCUT2D eigenvalue weighted by Gasteiger charge is -2.16. The van der Waals surface area contributed by atoms with E-state index in [-0.39, 0.29) is 11.8 Å². The minimum atomic E-state index is -0.496. The minimum absolute atomic E-state index is 0.00796. The summed E-state index contributed by atoms with van der Waals surface area (Å²) in [6.07, 6.45) is -0.992. The first-order chi connectivity index (χ1) is 8.79. The quantitative estimate of drug-likeness (QED) is 0.740. The zero-order valence-corrected chi connectivity index (χ0v) is 9.82. The van der Waals surface area contributed by atoms with Crippen LogP contribution in [0.15, 0.2) is 48.5 Å². The fraction of sp³-hybridized carbons (Fsp3) is 0.250. The van der Waals surface area contributed by atoms with Crippen LogP contribution in [0, 0.1) is 0 Å². The highest BCUT2D eigenvalue weighted by Gasteiger charge is 2.49. The van der Waals surface area contributed by atoms with Crippen LogP contribution in [0.4, 0.5) is 0 Å². The van der Waals surface area contributed by atoms with Crippen molar-refractivity contribution in [3.8, 4) is 0 Å². The molecule has 0 saturated carbocycles. The largest absolute Gasteiger partial charge is 0.388 e. The maximum atomic E-state index is 10.5. The topological polar surface area (TPSA) is 40.5 Å². The van der Waals surface area contributed by atoms with Crippen LogP contribution in [0.5, 0.6) is 0 Å². The predicted molar refractivity (Wildman–Crippen MR) is 68.3 cm³/mol. The van der Waals surface area contributed by atoms with Crippen LogP contribution in [0.3, 0.4) is 0 Å². The first-order valence-corrected chi connectivity index (χ1v) is 6.33. The van der Waals surface area contributed by atoms with E-state index in [0.717, 1.165) is 22.3 Å². The second-order valence-corrected chi connectivity index (χ2v) is 5.20. The second kappa shape index (κ2) is 3.44. The number of rotatable bonds is 0. The van der Waals surface area contributed by atoms with Gasteiger partial charge in [0.1, 0.15) is 0 Å². The average molecular weight is 238 g/mol. The molecule has 0 fully saturated rings. The first kappa shape index (κ1) is 10.3. The second-order valence-electron chi connectivity index (χ2n) is 5.20. The fourth-order valence-electron chi connectivity index (χ4n) is 3.67. The van der Waals surface area contributed by atoms with Gasteiger partial charge >= 0.3 is 0 Å². The summed E-state index contributed by atoms with van der Waals surface area (Å²) in [5.74, 6) is 0.0159. The Hall–Kier alpha value is -1.64. The molecule has 0 unspecified atom stereocenters. The highest BCUT2D eigenvalue weighted by Crippen LogP contribution is 2.61. The molecule has 0 amide bonds. The Morgan fingerprint density at radius 1 is 0.556 bits per heavy atom. The SMILES string of the molecule is O[C@@H]1c2ccccc2[C@H]2[C@H]1c1ccccc1[C@H]2O. The van der Waals surface area contributed by atoms with Crippen LogP contribution < -0.4 is 0 Å². The Bertz CT molecular complexity index is 564. The molecule has 0 bridgehead atoms. The van der Waals surface area contributed by atoms with Gasteiger partial charge in [-0.15, -0.1) is 0 Å². The highest BCUT2D eigenvalue weighted by molar-refractivity contribution is 5.52. The number of fused-ring (bicyclic) bond motifs is 5. The fourth-order valence-corrected chi connectivity index (χ4v) is 3.67. The van der Waals surface area contributed by atoms with Crippen molar-refractivity contribution in [3.05, 3.63) is 70.8 Å². The van der Waals surface area contributed by atoms with Crippen molar-refractivity contribution in [3.63, 3.8) is 0 Å². The third kappa shape index (κ3) is 1.10. The summed E-state index contributed by atoms with van der Waals surface area (Å²) in [5.41, 5.74) is 4.14. The predicted octanol–water partition coefficient (Wildman–Crippen LogP) is 2.65. The average Bonchev–Trinajstić information content (AvgIpc) is 2.87. The molecule has 0 heterocycles. The molecule has 2 aromatic carbocycles. The van der Waals surface area contributed by atoms with E-state index < -0.39 is 12.2 Å². The zero-order valence-electron chi connectivity index (χ0n) is 9.82. The molecule has 0 aromatic heterocycles. The highest BCUT2D eigenvalue weighted by atomic mass is 16.3. The summed E-state index contributed by atoms with van der Waals surface area (Å²) >= 11 is 0. The molecule has 0 radical (unpaired) electrons. The van der Waals surface area contributed by atoms with E-state index in [4.69, 9.17) is 0 Å². The molecular formula is C16H14O2. The van der Waals surface area contributed by atoms with Crippen molar-refractivity contribution in [2.45, 2.75) is 24.0 Å². The lowest BCUT2D eigenvalue weighted by molar-refractivity contribution is 0.110. The molecular weight excluding hydrogens is 224 g/mol. The maximum Gasteiger partial charge on any atom is 0.0868 e. The van der Waals surface area contributed by atoms with Crippen LogP contribution >= 0.6 is 0 Å². The van der Waals surface area contributed by atoms with Crippen LogP contribution in [0.1, 0.15) is 46.3 Å². The standard InChI is InChI=1S/C16H14O2/c17-15-11-7-3-1-5-9(11)13-14(15)10-6-2-4-8-12(10)16(13)18/h1-8,13-18H/t13-,14+,15-,16-/m1/s1. The normalized spacial score (nSPS) is 31.9. The van der Waals surface area contributed by atoms with Gasteiger partial charge in [-0.2, -0.15) is 0 Å². The van der Waals surface area contributed by atoms with Gasteiger partial charge in [0.05, 0.1) is 12.2 Å². The molecule has 2 aliphatic carbocycles. The summed E-state index contributed by atoms with van der Waals surface area (Å²) < 4.78 is 0. The number of benzene rings is 2. The van der Waals surface area contributed by atoms with Crippen molar-refractivity contribution >= 4 is 0 Å². The van der Waals surface area contributed by atoms with Crippen molar-refractivity contribution in [1.29, 1.82) is 0 Å². The molecule has 2 aliphatic rings. The van der Waals surface area contributed by atoms with Crippen LogP contribution in [0.2, 0.25) is 0 Å². The Labute approximate surface area is 106 Å². The monoisotopic (exact) mass is 238 g/mol. The van der Waals surface area contributed by atoms with Gasteiger partial charge in [0.2, 0.25) is 0 Å². The molecule has 4 atom stereocenters. The lowest BCUT2D eigenvalue weighted by Crippen LogP contribution is -2.07. The smallest absolute Gasteiger partial charge is 0.0868 e. The zero-order chi connectivity index (χ0) is 12.3. The van der Waals surface area contributed by atoms with Gasteiger partial charge < -0.3 is 10.2 Å². The molecule has 90 valence electrons. The Morgan fingerprint density at radius 2 is 0.889 bits per heavy atom. The summed E-state index contributed by atoms with van der Waals surface area (Å²) in [4.78, 5) is 0. The molecule has 0 aliphatic heterocycles. The van der Waals surface area contributed by atoms with Gasteiger partial charge in [-0.1, -0.05) is 48.5 Å². The van der Waals surface area contributed by atoms with E-state index >= 15 is 0 Å². The maximum absolute atomic E-state index is 10.5. The van der Waals surface area contributed by atoms with Gasteiger partial charge in [0, 0.05) is 11.8 Å². The summed E-state index contributed by atoms with van der Waals surface area (Å²) in [6.45, 7) is 0. The van der Waals surface area contributed by atoms with Crippen molar-refractivity contribution < 1.29 is 10.2 Å². The molecule has 18 heavy (non-hydrogen) atoms. The lowest BCUT2D eigenvalue weighted by atomic mass is 9.91. The minimum Gasteiger partial charge on any atom is -0.388 e. The van der Waals surface area contributed by atoms with Gasteiger partial charge in [0.25, 0.3) is 0 Å². The summed E-state index contributed by atoms with van der Waals surface area (Å²) in [6, 6.07) is 15.8. The van der Waals surface area contributed by atoms with E-state index in [1.807, 2.05) is 48.5 Å². The van der Waals surface area contributed by atoms with E-state index in [0.29, 0.717) is 0 Å². The molecule has 4 rings (SSSR count).